The molecule has 0 aliphatic heterocycles. The second kappa shape index (κ2) is 6.31. The van der Waals surface area contributed by atoms with Gasteiger partial charge in [0, 0.05) is 18.2 Å². The van der Waals surface area contributed by atoms with Gasteiger partial charge in [0.1, 0.15) is 5.75 Å². The maximum Gasteiger partial charge on any atom is 0.123 e. The Morgan fingerprint density at radius 3 is 2.62 bits per heavy atom. The molecule has 3 rings (SSSR count). The standard InChI is InChI=1S/C19H23NO/c1-3-14-5-4-6-15(11-14)16-7-10-19(21-2)17(12-16)13-20-18-8-9-18/h4-7,10-12,18,20H,3,8-9,13H2,1-2H3. The van der Waals surface area contributed by atoms with Crippen molar-refractivity contribution >= 4 is 0 Å². The molecule has 1 N–H and O–H groups in total. The average Bonchev–Trinajstić information content (AvgIpc) is 3.37. The zero-order valence-corrected chi connectivity index (χ0v) is 12.9. The summed E-state index contributed by atoms with van der Waals surface area (Å²) in [6.45, 7) is 3.08. The highest BCUT2D eigenvalue weighted by Crippen LogP contribution is 2.28. The van der Waals surface area contributed by atoms with E-state index in [9.17, 15) is 0 Å². The van der Waals surface area contributed by atoms with E-state index in [1.54, 1.807) is 7.11 Å². The summed E-state index contributed by atoms with van der Waals surface area (Å²) in [6.07, 6.45) is 3.68. The van der Waals surface area contributed by atoms with Gasteiger partial charge in [-0.25, -0.2) is 0 Å². The Balaban J connectivity index is 1.88. The lowest BCUT2D eigenvalue weighted by Gasteiger charge is -2.12. The highest BCUT2D eigenvalue weighted by atomic mass is 16.5. The third kappa shape index (κ3) is 3.45. The molecule has 1 aliphatic carbocycles. The van der Waals surface area contributed by atoms with Crippen molar-refractivity contribution in [1.82, 2.24) is 5.32 Å². The molecule has 1 saturated carbocycles. The summed E-state index contributed by atoms with van der Waals surface area (Å²) in [7, 11) is 1.74. The van der Waals surface area contributed by atoms with Crippen molar-refractivity contribution < 1.29 is 4.74 Å². The number of ether oxygens (including phenoxy) is 1. The largest absolute Gasteiger partial charge is 0.496 e. The van der Waals surface area contributed by atoms with Crippen LogP contribution in [0, 0.1) is 0 Å². The topological polar surface area (TPSA) is 21.3 Å². The maximum absolute atomic E-state index is 5.49. The number of benzene rings is 2. The Hall–Kier alpha value is -1.80. The van der Waals surface area contributed by atoms with Gasteiger partial charge in [0.25, 0.3) is 0 Å². The van der Waals surface area contributed by atoms with Crippen LogP contribution in [0.25, 0.3) is 11.1 Å². The number of nitrogens with one attached hydrogen (secondary N) is 1. The van der Waals surface area contributed by atoms with Gasteiger partial charge in [0.05, 0.1) is 7.11 Å². The molecule has 0 bridgehead atoms. The van der Waals surface area contributed by atoms with Gasteiger partial charge in [-0.2, -0.15) is 0 Å². The number of methoxy groups -OCH3 is 1. The van der Waals surface area contributed by atoms with E-state index in [2.05, 4.69) is 54.7 Å². The Bertz CT molecular complexity index is 617. The van der Waals surface area contributed by atoms with Crippen LogP contribution >= 0.6 is 0 Å². The third-order valence-corrected chi connectivity index (χ3v) is 4.11. The second-order valence-corrected chi connectivity index (χ2v) is 5.74. The lowest BCUT2D eigenvalue weighted by Crippen LogP contribution is -2.15. The molecule has 0 spiro atoms. The van der Waals surface area contributed by atoms with Gasteiger partial charge in [0.15, 0.2) is 0 Å². The van der Waals surface area contributed by atoms with Crippen molar-refractivity contribution in [3.05, 3.63) is 53.6 Å². The van der Waals surface area contributed by atoms with Gasteiger partial charge in [-0.1, -0.05) is 37.3 Å². The van der Waals surface area contributed by atoms with Crippen LogP contribution in [-0.4, -0.2) is 13.2 Å². The Morgan fingerprint density at radius 1 is 1.10 bits per heavy atom. The van der Waals surface area contributed by atoms with Crippen LogP contribution in [0.15, 0.2) is 42.5 Å². The van der Waals surface area contributed by atoms with Crippen molar-refractivity contribution in [2.75, 3.05) is 7.11 Å². The van der Waals surface area contributed by atoms with E-state index >= 15 is 0 Å². The van der Waals surface area contributed by atoms with Crippen LogP contribution in [-0.2, 0) is 13.0 Å². The van der Waals surface area contributed by atoms with Crippen molar-refractivity contribution in [3.8, 4) is 16.9 Å². The molecular weight excluding hydrogens is 258 g/mol. The molecule has 1 aliphatic rings. The van der Waals surface area contributed by atoms with Crippen molar-refractivity contribution in [2.45, 2.75) is 38.8 Å². The third-order valence-electron chi connectivity index (χ3n) is 4.11. The van der Waals surface area contributed by atoms with Gasteiger partial charge in [-0.3, -0.25) is 0 Å². The molecule has 1 fully saturated rings. The normalized spacial score (nSPS) is 14.2. The van der Waals surface area contributed by atoms with Crippen LogP contribution in [0.2, 0.25) is 0 Å². The van der Waals surface area contributed by atoms with E-state index < -0.39 is 0 Å². The fraction of sp³-hybridized carbons (Fsp3) is 0.368. The highest BCUT2D eigenvalue weighted by molar-refractivity contribution is 5.66. The Kier molecular flexibility index (Phi) is 4.26. The monoisotopic (exact) mass is 281 g/mol. The van der Waals surface area contributed by atoms with Crippen LogP contribution in [0.3, 0.4) is 0 Å². The highest BCUT2D eigenvalue weighted by Gasteiger charge is 2.20. The first-order valence-electron chi connectivity index (χ1n) is 7.79. The summed E-state index contributed by atoms with van der Waals surface area (Å²) in [5.74, 6) is 0.971. The average molecular weight is 281 g/mol. The van der Waals surface area contributed by atoms with Gasteiger partial charge >= 0.3 is 0 Å². The summed E-state index contributed by atoms with van der Waals surface area (Å²) in [5, 5.41) is 3.57. The van der Waals surface area contributed by atoms with Crippen LogP contribution in [0.5, 0.6) is 5.75 Å². The molecular formula is C19H23NO. The van der Waals surface area contributed by atoms with E-state index in [1.807, 2.05) is 0 Å². The number of rotatable bonds is 6. The van der Waals surface area contributed by atoms with Gasteiger partial charge < -0.3 is 10.1 Å². The van der Waals surface area contributed by atoms with Crippen molar-refractivity contribution in [3.63, 3.8) is 0 Å². The predicted octanol–water partition coefficient (Wildman–Crippen LogP) is 4.18. The quantitative estimate of drug-likeness (QED) is 0.857. The van der Waals surface area contributed by atoms with Crippen molar-refractivity contribution in [1.29, 1.82) is 0 Å². The molecule has 2 nitrogen and oxygen atoms in total. The van der Waals surface area contributed by atoms with Crippen molar-refractivity contribution in [2.24, 2.45) is 0 Å². The molecule has 0 saturated heterocycles. The van der Waals surface area contributed by atoms with E-state index in [-0.39, 0.29) is 0 Å². The molecule has 0 heterocycles. The fourth-order valence-electron chi connectivity index (χ4n) is 2.61. The maximum atomic E-state index is 5.49. The lowest BCUT2D eigenvalue weighted by atomic mass is 9.99. The lowest BCUT2D eigenvalue weighted by molar-refractivity contribution is 0.407. The minimum absolute atomic E-state index is 0.710. The molecule has 2 aromatic carbocycles. The number of hydrogen-bond donors (Lipinski definition) is 1. The summed E-state index contributed by atoms with van der Waals surface area (Å²) in [5.41, 5.74) is 5.16. The molecule has 110 valence electrons. The summed E-state index contributed by atoms with van der Waals surface area (Å²) < 4.78 is 5.49. The molecule has 0 aromatic heterocycles. The zero-order chi connectivity index (χ0) is 14.7. The first-order valence-corrected chi connectivity index (χ1v) is 7.79. The molecule has 2 aromatic rings. The van der Waals surface area contributed by atoms with Crippen LogP contribution in [0.4, 0.5) is 0 Å². The fourth-order valence-corrected chi connectivity index (χ4v) is 2.61. The van der Waals surface area contributed by atoms with E-state index in [0.717, 1.165) is 18.7 Å². The molecule has 0 atom stereocenters. The summed E-state index contributed by atoms with van der Waals surface area (Å²) in [4.78, 5) is 0. The van der Waals surface area contributed by atoms with Gasteiger partial charge in [-0.05, 0) is 48.1 Å². The number of hydrogen-bond acceptors (Lipinski definition) is 2. The second-order valence-electron chi connectivity index (χ2n) is 5.74. The first-order chi connectivity index (χ1) is 10.3. The smallest absolute Gasteiger partial charge is 0.123 e. The minimum atomic E-state index is 0.710. The predicted molar refractivity (Wildman–Crippen MR) is 87.7 cm³/mol. The minimum Gasteiger partial charge on any atom is -0.496 e. The SMILES string of the molecule is CCc1cccc(-c2ccc(OC)c(CNC3CC3)c2)c1. The molecule has 21 heavy (non-hydrogen) atoms. The molecule has 0 amide bonds. The molecule has 0 unspecified atom stereocenters. The van der Waals surface area contributed by atoms with E-state index in [0.29, 0.717) is 6.04 Å². The van der Waals surface area contributed by atoms with Gasteiger partial charge in [0.2, 0.25) is 0 Å². The Morgan fingerprint density at radius 2 is 1.90 bits per heavy atom. The van der Waals surface area contributed by atoms with E-state index in [1.165, 1.54) is 35.1 Å². The molecule has 0 radical (unpaired) electrons. The zero-order valence-electron chi connectivity index (χ0n) is 12.9. The summed E-state index contributed by atoms with van der Waals surface area (Å²) >= 11 is 0. The Labute approximate surface area is 127 Å². The first kappa shape index (κ1) is 14.2. The van der Waals surface area contributed by atoms with Gasteiger partial charge in [-0.15, -0.1) is 0 Å². The van der Waals surface area contributed by atoms with E-state index in [4.69, 9.17) is 4.74 Å². The molecule has 2 heteroatoms. The van der Waals surface area contributed by atoms with Crippen LogP contribution in [0.1, 0.15) is 30.9 Å². The van der Waals surface area contributed by atoms with Crippen LogP contribution < -0.4 is 10.1 Å². The summed E-state index contributed by atoms with van der Waals surface area (Å²) in [6, 6.07) is 16.0. The number of aryl methyl sites for hydroxylation is 1.